The molecule has 0 saturated heterocycles. The van der Waals surface area contributed by atoms with E-state index in [2.05, 4.69) is 20.6 Å². The standard InChI is InChI=1S/C16H21ClN4O.HI/c1-2-18-16(20-10-8-14-4-3-11-22-14)19-9-7-13-5-6-15(17)21-12-13;/h3-6,11-12H,2,7-10H2,1H3,(H2,18,19,20);1H. The Morgan fingerprint density at radius 2 is 2.13 bits per heavy atom. The molecule has 0 bridgehead atoms. The molecule has 126 valence electrons. The number of aliphatic imine (C=N–C) groups is 1. The predicted octanol–water partition coefficient (Wildman–Crippen LogP) is 3.29. The zero-order valence-electron chi connectivity index (χ0n) is 13.1. The second kappa shape index (κ2) is 11.3. The fraction of sp³-hybridized carbons (Fsp3) is 0.375. The van der Waals surface area contributed by atoms with Crippen LogP contribution in [0.4, 0.5) is 0 Å². The van der Waals surface area contributed by atoms with Gasteiger partial charge in [0.2, 0.25) is 0 Å². The molecule has 0 unspecified atom stereocenters. The van der Waals surface area contributed by atoms with Gasteiger partial charge in [-0.3, -0.25) is 4.99 Å². The van der Waals surface area contributed by atoms with E-state index in [-0.39, 0.29) is 24.0 Å². The molecule has 23 heavy (non-hydrogen) atoms. The van der Waals surface area contributed by atoms with Gasteiger partial charge in [-0.1, -0.05) is 17.7 Å². The number of aromatic nitrogens is 1. The van der Waals surface area contributed by atoms with Gasteiger partial charge in [0.15, 0.2) is 5.96 Å². The van der Waals surface area contributed by atoms with Gasteiger partial charge < -0.3 is 15.1 Å². The van der Waals surface area contributed by atoms with Crippen molar-refractivity contribution in [3.63, 3.8) is 0 Å². The van der Waals surface area contributed by atoms with Crippen molar-refractivity contribution in [1.82, 2.24) is 15.6 Å². The van der Waals surface area contributed by atoms with Crippen molar-refractivity contribution in [2.45, 2.75) is 19.8 Å². The third-order valence-electron chi connectivity index (χ3n) is 3.05. The maximum Gasteiger partial charge on any atom is 0.191 e. The van der Waals surface area contributed by atoms with Crippen molar-refractivity contribution in [1.29, 1.82) is 0 Å². The molecule has 5 nitrogen and oxygen atoms in total. The number of hydrogen-bond donors (Lipinski definition) is 2. The molecule has 0 aliphatic carbocycles. The van der Waals surface area contributed by atoms with Crippen LogP contribution in [0.3, 0.4) is 0 Å². The summed E-state index contributed by atoms with van der Waals surface area (Å²) in [4.78, 5) is 8.60. The number of hydrogen-bond acceptors (Lipinski definition) is 3. The molecule has 2 heterocycles. The van der Waals surface area contributed by atoms with Crippen molar-refractivity contribution in [3.05, 3.63) is 53.2 Å². The highest BCUT2D eigenvalue weighted by molar-refractivity contribution is 14.0. The Bertz CT molecular complexity index is 572. The lowest BCUT2D eigenvalue weighted by molar-refractivity contribution is 0.510. The summed E-state index contributed by atoms with van der Waals surface area (Å²) < 4.78 is 5.30. The highest BCUT2D eigenvalue weighted by Gasteiger charge is 1.99. The summed E-state index contributed by atoms with van der Waals surface area (Å²) in [6, 6.07) is 7.64. The quantitative estimate of drug-likeness (QED) is 0.295. The first-order chi connectivity index (χ1) is 10.8. The van der Waals surface area contributed by atoms with Crippen molar-refractivity contribution < 1.29 is 4.42 Å². The lowest BCUT2D eigenvalue weighted by Crippen LogP contribution is -2.38. The highest BCUT2D eigenvalue weighted by Crippen LogP contribution is 2.05. The fourth-order valence-corrected chi connectivity index (χ4v) is 2.07. The van der Waals surface area contributed by atoms with Crippen LogP contribution in [0.5, 0.6) is 0 Å². The zero-order valence-corrected chi connectivity index (χ0v) is 16.2. The number of nitrogens with zero attached hydrogens (tertiary/aromatic N) is 2. The predicted molar refractivity (Wildman–Crippen MR) is 105 cm³/mol. The molecular weight excluding hydrogens is 427 g/mol. The van der Waals surface area contributed by atoms with Crippen molar-refractivity contribution >= 4 is 41.5 Å². The minimum absolute atomic E-state index is 0. The van der Waals surface area contributed by atoms with Gasteiger partial charge in [0, 0.05) is 32.3 Å². The minimum atomic E-state index is 0. The van der Waals surface area contributed by atoms with Gasteiger partial charge >= 0.3 is 0 Å². The Labute approximate surface area is 158 Å². The van der Waals surface area contributed by atoms with E-state index in [1.54, 1.807) is 18.5 Å². The van der Waals surface area contributed by atoms with Crippen LogP contribution in [0.2, 0.25) is 5.15 Å². The largest absolute Gasteiger partial charge is 0.469 e. The second-order valence-electron chi connectivity index (χ2n) is 4.76. The van der Waals surface area contributed by atoms with E-state index in [1.807, 2.05) is 25.1 Å². The van der Waals surface area contributed by atoms with Gasteiger partial charge in [-0.05, 0) is 37.1 Å². The van der Waals surface area contributed by atoms with Gasteiger partial charge in [0.05, 0.1) is 6.26 Å². The molecule has 7 heteroatoms. The normalized spacial score (nSPS) is 11.0. The average Bonchev–Trinajstić information content (AvgIpc) is 3.02. The second-order valence-corrected chi connectivity index (χ2v) is 5.14. The van der Waals surface area contributed by atoms with Crippen molar-refractivity contribution in [2.24, 2.45) is 4.99 Å². The molecule has 0 amide bonds. The average molecular weight is 449 g/mol. The topological polar surface area (TPSA) is 62.5 Å². The summed E-state index contributed by atoms with van der Waals surface area (Å²) in [7, 11) is 0. The zero-order chi connectivity index (χ0) is 15.6. The minimum Gasteiger partial charge on any atom is -0.469 e. The number of pyridine rings is 1. The maximum atomic E-state index is 5.77. The van der Waals surface area contributed by atoms with E-state index in [0.29, 0.717) is 11.7 Å². The summed E-state index contributed by atoms with van der Waals surface area (Å²) in [6.45, 7) is 4.35. The third kappa shape index (κ3) is 7.69. The molecule has 0 radical (unpaired) electrons. The first kappa shape index (κ1) is 19.8. The van der Waals surface area contributed by atoms with E-state index in [0.717, 1.165) is 43.2 Å². The van der Waals surface area contributed by atoms with Gasteiger partial charge in [0.25, 0.3) is 0 Å². The molecule has 2 aromatic heterocycles. The Morgan fingerprint density at radius 3 is 2.78 bits per heavy atom. The van der Waals surface area contributed by atoms with E-state index in [9.17, 15) is 0 Å². The molecule has 0 aliphatic heterocycles. The SMILES string of the molecule is CCNC(=NCCc1ccco1)NCCc1ccc(Cl)nc1.I. The van der Waals surface area contributed by atoms with Crippen molar-refractivity contribution in [2.75, 3.05) is 19.6 Å². The lowest BCUT2D eigenvalue weighted by Gasteiger charge is -2.11. The van der Waals surface area contributed by atoms with E-state index >= 15 is 0 Å². The Morgan fingerprint density at radius 1 is 1.26 bits per heavy atom. The van der Waals surface area contributed by atoms with E-state index in [4.69, 9.17) is 16.0 Å². The molecular formula is C16H22ClIN4O. The summed E-state index contributed by atoms with van der Waals surface area (Å²) in [5.74, 6) is 1.77. The van der Waals surface area contributed by atoms with Crippen LogP contribution in [0.25, 0.3) is 0 Å². The number of nitrogens with one attached hydrogen (secondary N) is 2. The summed E-state index contributed by atoms with van der Waals surface area (Å²) in [5, 5.41) is 7.06. The van der Waals surface area contributed by atoms with Crippen LogP contribution < -0.4 is 10.6 Å². The monoisotopic (exact) mass is 448 g/mol. The molecule has 2 rings (SSSR count). The fourth-order valence-electron chi connectivity index (χ4n) is 1.95. The summed E-state index contributed by atoms with van der Waals surface area (Å²) in [6.07, 6.45) is 5.14. The van der Waals surface area contributed by atoms with Crippen LogP contribution in [-0.4, -0.2) is 30.6 Å². The first-order valence-corrected chi connectivity index (χ1v) is 7.80. The molecule has 0 aliphatic rings. The van der Waals surface area contributed by atoms with Crippen molar-refractivity contribution in [3.8, 4) is 0 Å². The molecule has 0 saturated carbocycles. The Hall–Kier alpha value is -1.28. The lowest BCUT2D eigenvalue weighted by atomic mass is 10.2. The summed E-state index contributed by atoms with van der Waals surface area (Å²) >= 11 is 5.77. The Kier molecular flexibility index (Phi) is 9.70. The van der Waals surface area contributed by atoms with E-state index < -0.39 is 0 Å². The number of furan rings is 1. The molecule has 0 atom stereocenters. The smallest absolute Gasteiger partial charge is 0.191 e. The number of halogens is 2. The van der Waals surface area contributed by atoms with Crippen LogP contribution in [-0.2, 0) is 12.8 Å². The van der Waals surface area contributed by atoms with Gasteiger partial charge in [-0.15, -0.1) is 24.0 Å². The van der Waals surface area contributed by atoms with Crippen LogP contribution in [0.1, 0.15) is 18.2 Å². The van der Waals surface area contributed by atoms with Gasteiger partial charge in [0.1, 0.15) is 10.9 Å². The van der Waals surface area contributed by atoms with Gasteiger partial charge in [-0.2, -0.15) is 0 Å². The molecule has 2 N–H and O–H groups in total. The number of guanidine groups is 1. The van der Waals surface area contributed by atoms with Crippen LogP contribution >= 0.6 is 35.6 Å². The number of rotatable bonds is 7. The Balaban J connectivity index is 0.00000264. The van der Waals surface area contributed by atoms with Gasteiger partial charge in [-0.25, -0.2) is 4.98 Å². The van der Waals surface area contributed by atoms with E-state index in [1.165, 1.54) is 0 Å². The first-order valence-electron chi connectivity index (χ1n) is 7.43. The molecule has 0 aromatic carbocycles. The highest BCUT2D eigenvalue weighted by atomic mass is 127. The molecule has 2 aromatic rings. The maximum absolute atomic E-state index is 5.77. The molecule has 0 spiro atoms. The van der Waals surface area contributed by atoms with Crippen LogP contribution in [0.15, 0.2) is 46.1 Å². The third-order valence-corrected chi connectivity index (χ3v) is 3.27. The summed E-state index contributed by atoms with van der Waals surface area (Å²) in [5.41, 5.74) is 1.14. The van der Waals surface area contributed by atoms with Crippen LogP contribution in [0, 0.1) is 0 Å². The molecule has 0 fully saturated rings.